The molecule has 0 aromatic rings. The summed E-state index contributed by atoms with van der Waals surface area (Å²) in [5.74, 6) is -0.894. The number of likely N-dealkylation sites (tertiary alicyclic amines) is 1. The van der Waals surface area contributed by atoms with Gasteiger partial charge in [0.25, 0.3) is 0 Å². The molecule has 0 saturated carbocycles. The predicted molar refractivity (Wildman–Crippen MR) is 78.6 cm³/mol. The summed E-state index contributed by atoms with van der Waals surface area (Å²) in [6, 6.07) is 0. The van der Waals surface area contributed by atoms with Crippen LogP contribution in [0, 0.1) is 5.92 Å². The third kappa shape index (κ3) is 5.49. The number of amides is 1. The molecule has 116 valence electrons. The molecule has 0 bridgehead atoms. The average Bonchev–Trinajstić information content (AvgIpc) is 2.87. The second kappa shape index (κ2) is 8.95. The molecule has 1 unspecified atom stereocenters. The van der Waals surface area contributed by atoms with E-state index in [1.165, 1.54) is 0 Å². The smallest absolute Gasteiger partial charge is 0.307 e. The Labute approximate surface area is 121 Å². The van der Waals surface area contributed by atoms with Gasteiger partial charge in [0.15, 0.2) is 0 Å². The molecule has 1 heterocycles. The summed E-state index contributed by atoms with van der Waals surface area (Å²) in [5, 5.41) is 8.98. The predicted octanol–water partition coefficient (Wildman–Crippen LogP) is 1.82. The topological polar surface area (TPSA) is 60.9 Å². The zero-order valence-corrected chi connectivity index (χ0v) is 12.8. The van der Waals surface area contributed by atoms with Crippen LogP contribution in [0.2, 0.25) is 0 Å². The van der Waals surface area contributed by atoms with Crippen molar-refractivity contribution in [1.29, 1.82) is 0 Å². The number of unbranched alkanes of at least 4 members (excludes halogenated alkanes) is 2. The van der Waals surface area contributed by atoms with E-state index in [1.54, 1.807) is 0 Å². The van der Waals surface area contributed by atoms with Gasteiger partial charge in [-0.05, 0) is 25.8 Å². The van der Waals surface area contributed by atoms with Gasteiger partial charge in [-0.3, -0.25) is 14.5 Å². The molecule has 1 N–H and O–H groups in total. The summed E-state index contributed by atoms with van der Waals surface area (Å²) in [5.41, 5.74) is 0. The van der Waals surface area contributed by atoms with Crippen LogP contribution in [0.4, 0.5) is 0 Å². The van der Waals surface area contributed by atoms with E-state index in [2.05, 4.69) is 13.8 Å². The maximum Gasteiger partial charge on any atom is 0.307 e. The molecule has 1 fully saturated rings. The fourth-order valence-corrected chi connectivity index (χ4v) is 2.53. The van der Waals surface area contributed by atoms with Gasteiger partial charge >= 0.3 is 5.97 Å². The van der Waals surface area contributed by atoms with Crippen LogP contribution >= 0.6 is 0 Å². The highest BCUT2D eigenvalue weighted by molar-refractivity contribution is 5.78. The molecule has 1 aliphatic rings. The Hall–Kier alpha value is -1.10. The number of carbonyl (C=O) groups is 2. The maximum atomic E-state index is 12.3. The van der Waals surface area contributed by atoms with Crippen molar-refractivity contribution in [3.05, 3.63) is 0 Å². The highest BCUT2D eigenvalue weighted by Crippen LogP contribution is 2.16. The van der Waals surface area contributed by atoms with E-state index >= 15 is 0 Å². The van der Waals surface area contributed by atoms with Crippen molar-refractivity contribution in [2.24, 2.45) is 5.92 Å². The summed E-state index contributed by atoms with van der Waals surface area (Å²) in [6.45, 7) is 7.50. The first kappa shape index (κ1) is 17.0. The lowest BCUT2D eigenvalue weighted by Gasteiger charge is -2.25. The number of hydrogen-bond donors (Lipinski definition) is 1. The molecule has 5 heteroatoms. The zero-order chi connectivity index (χ0) is 15.0. The molecule has 20 heavy (non-hydrogen) atoms. The van der Waals surface area contributed by atoms with E-state index < -0.39 is 5.97 Å². The second-order valence-electron chi connectivity index (χ2n) is 5.65. The number of hydrogen-bond acceptors (Lipinski definition) is 3. The van der Waals surface area contributed by atoms with E-state index in [0.717, 1.165) is 45.3 Å². The van der Waals surface area contributed by atoms with Gasteiger partial charge in [-0.1, -0.05) is 26.7 Å². The number of rotatable bonds is 9. The quantitative estimate of drug-likeness (QED) is 0.701. The van der Waals surface area contributed by atoms with E-state index in [4.69, 9.17) is 5.11 Å². The van der Waals surface area contributed by atoms with Crippen LogP contribution in [0.5, 0.6) is 0 Å². The van der Waals surface area contributed by atoms with E-state index in [9.17, 15) is 9.59 Å². The summed E-state index contributed by atoms with van der Waals surface area (Å²) in [4.78, 5) is 27.2. The van der Waals surface area contributed by atoms with Crippen LogP contribution in [0.1, 0.15) is 46.0 Å². The first-order chi connectivity index (χ1) is 9.58. The molecule has 1 amide bonds. The van der Waals surface area contributed by atoms with Gasteiger partial charge in [-0.2, -0.15) is 0 Å². The Morgan fingerprint density at radius 3 is 2.25 bits per heavy atom. The first-order valence-corrected chi connectivity index (χ1v) is 7.81. The summed E-state index contributed by atoms with van der Waals surface area (Å²) < 4.78 is 0. The fourth-order valence-electron chi connectivity index (χ4n) is 2.53. The van der Waals surface area contributed by atoms with Gasteiger partial charge in [0.05, 0.1) is 12.5 Å². The lowest BCUT2D eigenvalue weighted by molar-refractivity contribution is -0.141. The first-order valence-electron chi connectivity index (χ1n) is 7.81. The lowest BCUT2D eigenvalue weighted by atomic mass is 10.1. The monoisotopic (exact) mass is 284 g/mol. The zero-order valence-electron chi connectivity index (χ0n) is 12.8. The van der Waals surface area contributed by atoms with Crippen LogP contribution < -0.4 is 0 Å². The second-order valence-corrected chi connectivity index (χ2v) is 5.65. The standard InChI is InChI=1S/C15H28N2O3/c1-3-5-8-17(9-6-4-2)14(18)12-16-10-7-13(11-16)15(19)20/h13H,3-12H2,1-2H3,(H,19,20). The van der Waals surface area contributed by atoms with Crippen LogP contribution in [0.15, 0.2) is 0 Å². The number of carboxylic acid groups (broad SMARTS) is 1. The summed E-state index contributed by atoms with van der Waals surface area (Å²) in [7, 11) is 0. The van der Waals surface area contributed by atoms with Gasteiger partial charge in [0.2, 0.25) is 5.91 Å². The van der Waals surface area contributed by atoms with Crippen molar-refractivity contribution >= 4 is 11.9 Å². The number of nitrogens with zero attached hydrogens (tertiary/aromatic N) is 2. The summed E-state index contributed by atoms with van der Waals surface area (Å²) in [6.07, 6.45) is 4.90. The normalized spacial score (nSPS) is 19.2. The van der Waals surface area contributed by atoms with Gasteiger partial charge in [0, 0.05) is 19.6 Å². The highest BCUT2D eigenvalue weighted by atomic mass is 16.4. The van der Waals surface area contributed by atoms with Crippen molar-refractivity contribution in [1.82, 2.24) is 9.80 Å². The third-order valence-electron chi connectivity index (χ3n) is 3.90. The van der Waals surface area contributed by atoms with Crippen LogP contribution in [-0.2, 0) is 9.59 Å². The minimum Gasteiger partial charge on any atom is -0.481 e. The molecule has 1 aliphatic heterocycles. The van der Waals surface area contributed by atoms with E-state index in [0.29, 0.717) is 19.5 Å². The molecular weight excluding hydrogens is 256 g/mol. The third-order valence-corrected chi connectivity index (χ3v) is 3.90. The Kier molecular flexibility index (Phi) is 7.59. The molecule has 0 aromatic carbocycles. The molecule has 0 aromatic heterocycles. The van der Waals surface area contributed by atoms with Crippen LogP contribution in [0.3, 0.4) is 0 Å². The molecule has 1 rings (SSSR count). The molecular formula is C15H28N2O3. The Bertz CT molecular complexity index is 312. The molecule has 0 radical (unpaired) electrons. The fraction of sp³-hybridized carbons (Fsp3) is 0.867. The number of carbonyl (C=O) groups excluding carboxylic acids is 1. The van der Waals surface area contributed by atoms with Gasteiger partial charge in [-0.25, -0.2) is 0 Å². The van der Waals surface area contributed by atoms with Crippen molar-refractivity contribution in [3.8, 4) is 0 Å². The van der Waals surface area contributed by atoms with E-state index in [-0.39, 0.29) is 11.8 Å². The highest BCUT2D eigenvalue weighted by Gasteiger charge is 2.29. The minimum absolute atomic E-state index is 0.151. The van der Waals surface area contributed by atoms with Crippen molar-refractivity contribution in [2.45, 2.75) is 46.0 Å². The van der Waals surface area contributed by atoms with Gasteiger partial charge in [0.1, 0.15) is 0 Å². The lowest BCUT2D eigenvalue weighted by Crippen LogP contribution is -2.40. The Balaban J connectivity index is 2.42. The minimum atomic E-state index is -0.742. The summed E-state index contributed by atoms with van der Waals surface area (Å²) >= 11 is 0. The van der Waals surface area contributed by atoms with Crippen molar-refractivity contribution in [3.63, 3.8) is 0 Å². The average molecular weight is 284 g/mol. The Morgan fingerprint density at radius 1 is 1.20 bits per heavy atom. The Morgan fingerprint density at radius 2 is 1.80 bits per heavy atom. The molecule has 5 nitrogen and oxygen atoms in total. The molecule has 0 spiro atoms. The molecule has 1 saturated heterocycles. The van der Waals surface area contributed by atoms with Gasteiger partial charge in [-0.15, -0.1) is 0 Å². The number of aliphatic carboxylic acids is 1. The van der Waals surface area contributed by atoms with Crippen molar-refractivity contribution < 1.29 is 14.7 Å². The number of carboxylic acids is 1. The van der Waals surface area contributed by atoms with Crippen molar-refractivity contribution in [2.75, 3.05) is 32.7 Å². The maximum absolute atomic E-state index is 12.3. The van der Waals surface area contributed by atoms with Gasteiger partial charge < -0.3 is 10.0 Å². The molecule has 0 aliphatic carbocycles. The van der Waals surface area contributed by atoms with E-state index in [1.807, 2.05) is 9.80 Å². The van der Waals surface area contributed by atoms with Crippen LogP contribution in [0.25, 0.3) is 0 Å². The molecule has 1 atom stereocenters. The van der Waals surface area contributed by atoms with Crippen LogP contribution in [-0.4, -0.2) is 59.5 Å². The SMILES string of the molecule is CCCCN(CCCC)C(=O)CN1CCC(C(=O)O)C1. The largest absolute Gasteiger partial charge is 0.481 e.